The van der Waals surface area contributed by atoms with E-state index in [2.05, 4.69) is 11.8 Å². The number of ether oxygens (including phenoxy) is 1. The van der Waals surface area contributed by atoms with Crippen molar-refractivity contribution < 1.29 is 23.4 Å². The molecule has 1 N–H and O–H groups in total. The van der Waals surface area contributed by atoms with Gasteiger partial charge < -0.3 is 14.4 Å². The normalized spacial score (nSPS) is 18.1. The molecular weight excluding hydrogens is 440 g/mol. The number of aldehydes is 1. The molecule has 2 heterocycles. The number of fused-ring (bicyclic) bond motifs is 3. The summed E-state index contributed by atoms with van der Waals surface area (Å²) in [5.74, 6) is 7.15. The highest BCUT2D eigenvalue weighted by molar-refractivity contribution is 5.82. The third kappa shape index (κ3) is 4.54. The minimum absolute atomic E-state index is 0.00872. The number of rotatable bonds is 7. The van der Waals surface area contributed by atoms with Gasteiger partial charge >= 0.3 is 6.61 Å². The Kier molecular flexibility index (Phi) is 6.96. The number of aliphatic hydroxyl groups is 1. The minimum atomic E-state index is -3.01. The predicted octanol–water partition coefficient (Wildman–Crippen LogP) is 4.42. The summed E-state index contributed by atoms with van der Waals surface area (Å²) in [5, 5.41) is 9.11. The van der Waals surface area contributed by atoms with Crippen molar-refractivity contribution >= 4 is 17.3 Å². The Bertz CT molecular complexity index is 1260. The molecular formula is C26H27F2N3O3. The highest BCUT2D eigenvalue weighted by atomic mass is 19.3. The summed E-state index contributed by atoms with van der Waals surface area (Å²) in [6.07, 6.45) is 1.83. The molecule has 4 rings (SSSR count). The summed E-state index contributed by atoms with van der Waals surface area (Å²) in [6, 6.07) is 9.86. The lowest BCUT2D eigenvalue weighted by Gasteiger charge is -2.22. The maximum Gasteiger partial charge on any atom is 0.387 e. The standard InChI is InChI=1S/C26H27F2N3O3/c1-16(11-12-32)7-8-17-9-10-19-20(13-17)31-21(14-22(30(2)3)25(31)29-19)24-18(15-33)5-4-6-23(24)34-26(27)28/h4-6,9-10,13,15-16,21-22,26,32H,11-12,14H2,1-3H3. The van der Waals surface area contributed by atoms with Gasteiger partial charge in [0.05, 0.1) is 23.1 Å². The zero-order valence-electron chi connectivity index (χ0n) is 19.3. The van der Waals surface area contributed by atoms with Gasteiger partial charge in [0.25, 0.3) is 0 Å². The fourth-order valence-electron chi connectivity index (χ4n) is 4.55. The highest BCUT2D eigenvalue weighted by Gasteiger charge is 2.38. The number of hydrogen-bond acceptors (Lipinski definition) is 5. The van der Waals surface area contributed by atoms with E-state index < -0.39 is 12.7 Å². The highest BCUT2D eigenvalue weighted by Crippen LogP contribution is 2.46. The van der Waals surface area contributed by atoms with Crippen LogP contribution in [-0.2, 0) is 0 Å². The molecule has 0 saturated heterocycles. The third-order valence-corrected chi connectivity index (χ3v) is 6.20. The van der Waals surface area contributed by atoms with Crippen molar-refractivity contribution in [3.05, 3.63) is 58.9 Å². The molecule has 1 aliphatic heterocycles. The second-order valence-electron chi connectivity index (χ2n) is 8.71. The fourth-order valence-corrected chi connectivity index (χ4v) is 4.55. The van der Waals surface area contributed by atoms with E-state index in [9.17, 15) is 13.6 Å². The molecule has 2 aromatic carbocycles. The van der Waals surface area contributed by atoms with Crippen LogP contribution in [-0.4, -0.2) is 53.2 Å². The van der Waals surface area contributed by atoms with Gasteiger partial charge in [-0.05, 0) is 51.2 Å². The van der Waals surface area contributed by atoms with Crippen molar-refractivity contribution in [2.75, 3.05) is 20.7 Å². The lowest BCUT2D eigenvalue weighted by molar-refractivity contribution is -0.0507. The number of halogens is 2. The number of hydrogen-bond donors (Lipinski definition) is 1. The van der Waals surface area contributed by atoms with Crippen molar-refractivity contribution in [2.45, 2.75) is 38.5 Å². The first kappa shape index (κ1) is 23.9. The molecule has 3 unspecified atom stereocenters. The van der Waals surface area contributed by atoms with E-state index >= 15 is 0 Å². The largest absolute Gasteiger partial charge is 0.434 e. The van der Waals surface area contributed by atoms with Crippen LogP contribution in [0.5, 0.6) is 5.75 Å². The van der Waals surface area contributed by atoms with Gasteiger partial charge in [-0.15, -0.1) is 0 Å². The average Bonchev–Trinajstić information content (AvgIpc) is 3.34. The Labute approximate surface area is 197 Å². The van der Waals surface area contributed by atoms with Crippen LogP contribution in [0.25, 0.3) is 11.0 Å². The van der Waals surface area contributed by atoms with Gasteiger partial charge in [-0.25, -0.2) is 4.98 Å². The van der Waals surface area contributed by atoms with Crippen LogP contribution >= 0.6 is 0 Å². The fraction of sp³-hybridized carbons (Fsp3) is 0.385. The third-order valence-electron chi connectivity index (χ3n) is 6.20. The Morgan fingerprint density at radius 3 is 2.79 bits per heavy atom. The SMILES string of the molecule is CC(C#Cc1ccc2nc3n(c2c1)C(c1c(C=O)cccc1OC(F)F)CC3N(C)C)CCO. The van der Waals surface area contributed by atoms with E-state index in [1.165, 1.54) is 12.1 Å². The molecule has 8 heteroatoms. The van der Waals surface area contributed by atoms with Gasteiger partial charge in [0.2, 0.25) is 0 Å². The first-order valence-corrected chi connectivity index (χ1v) is 11.2. The molecule has 0 aliphatic carbocycles. The summed E-state index contributed by atoms with van der Waals surface area (Å²) in [4.78, 5) is 18.8. The van der Waals surface area contributed by atoms with Crippen molar-refractivity contribution in [3.8, 4) is 17.6 Å². The van der Waals surface area contributed by atoms with Gasteiger partial charge in [0.15, 0.2) is 6.29 Å². The van der Waals surface area contributed by atoms with Crippen molar-refractivity contribution in [2.24, 2.45) is 5.92 Å². The number of benzene rings is 2. The van der Waals surface area contributed by atoms with E-state index in [-0.39, 0.29) is 24.3 Å². The molecule has 0 amide bonds. The van der Waals surface area contributed by atoms with Crippen molar-refractivity contribution in [1.82, 2.24) is 14.5 Å². The Morgan fingerprint density at radius 1 is 1.32 bits per heavy atom. The Balaban J connectivity index is 1.89. The number of aliphatic hydroxyl groups excluding tert-OH is 1. The molecule has 6 nitrogen and oxygen atoms in total. The van der Waals surface area contributed by atoms with E-state index in [1.807, 2.05) is 48.7 Å². The number of nitrogens with zero attached hydrogens (tertiary/aromatic N) is 3. The lowest BCUT2D eigenvalue weighted by atomic mass is 9.96. The molecule has 3 atom stereocenters. The Morgan fingerprint density at radius 2 is 2.12 bits per heavy atom. The van der Waals surface area contributed by atoms with Crippen LogP contribution < -0.4 is 4.74 Å². The molecule has 0 bridgehead atoms. The van der Waals surface area contributed by atoms with Crippen LogP contribution in [0.15, 0.2) is 36.4 Å². The monoisotopic (exact) mass is 467 g/mol. The number of carbonyl (C=O) groups is 1. The van der Waals surface area contributed by atoms with Crippen LogP contribution in [0.4, 0.5) is 8.78 Å². The predicted molar refractivity (Wildman–Crippen MR) is 125 cm³/mol. The first-order chi connectivity index (χ1) is 16.3. The van der Waals surface area contributed by atoms with Gasteiger partial charge in [-0.1, -0.05) is 30.9 Å². The van der Waals surface area contributed by atoms with Crippen LogP contribution in [0.1, 0.15) is 59.2 Å². The van der Waals surface area contributed by atoms with E-state index in [0.29, 0.717) is 30.3 Å². The summed E-state index contributed by atoms with van der Waals surface area (Å²) in [7, 11) is 3.89. The smallest absolute Gasteiger partial charge is 0.387 e. The topological polar surface area (TPSA) is 67.6 Å². The zero-order chi connectivity index (χ0) is 24.4. The lowest BCUT2D eigenvalue weighted by Crippen LogP contribution is -2.18. The molecule has 1 aliphatic rings. The van der Waals surface area contributed by atoms with Gasteiger partial charge in [-0.2, -0.15) is 8.78 Å². The molecule has 34 heavy (non-hydrogen) atoms. The van der Waals surface area contributed by atoms with Crippen molar-refractivity contribution in [3.63, 3.8) is 0 Å². The van der Waals surface area contributed by atoms with Crippen LogP contribution in [0, 0.1) is 17.8 Å². The quantitative estimate of drug-likeness (QED) is 0.412. The molecule has 0 radical (unpaired) electrons. The van der Waals surface area contributed by atoms with Crippen molar-refractivity contribution in [1.29, 1.82) is 0 Å². The van der Waals surface area contributed by atoms with E-state index in [0.717, 1.165) is 22.4 Å². The van der Waals surface area contributed by atoms with Gasteiger partial charge in [0, 0.05) is 29.2 Å². The number of alkyl halides is 2. The zero-order valence-corrected chi connectivity index (χ0v) is 19.3. The minimum Gasteiger partial charge on any atom is -0.434 e. The first-order valence-electron chi connectivity index (χ1n) is 11.2. The molecule has 0 spiro atoms. The maximum atomic E-state index is 13.2. The molecule has 178 valence electrons. The van der Waals surface area contributed by atoms with E-state index in [1.54, 1.807) is 6.07 Å². The summed E-state index contributed by atoms with van der Waals surface area (Å²) < 4.78 is 33.3. The Hall–Kier alpha value is -3.28. The van der Waals surface area contributed by atoms with Crippen LogP contribution in [0.3, 0.4) is 0 Å². The number of aromatic nitrogens is 2. The second kappa shape index (κ2) is 9.92. The summed E-state index contributed by atoms with van der Waals surface area (Å²) in [6.45, 7) is -0.970. The second-order valence-corrected chi connectivity index (χ2v) is 8.71. The number of imidazole rings is 1. The summed E-state index contributed by atoms with van der Waals surface area (Å²) in [5.41, 5.74) is 3.11. The molecule has 3 aromatic rings. The molecule has 1 aromatic heterocycles. The van der Waals surface area contributed by atoms with E-state index in [4.69, 9.17) is 14.8 Å². The van der Waals surface area contributed by atoms with Gasteiger partial charge in [0.1, 0.15) is 11.6 Å². The molecule has 0 fully saturated rings. The number of carbonyl (C=O) groups excluding carboxylic acids is 1. The molecule has 0 saturated carbocycles. The summed E-state index contributed by atoms with van der Waals surface area (Å²) >= 11 is 0. The van der Waals surface area contributed by atoms with Gasteiger partial charge in [-0.3, -0.25) is 9.69 Å². The maximum absolute atomic E-state index is 13.2. The van der Waals surface area contributed by atoms with Crippen LogP contribution in [0.2, 0.25) is 0 Å². The average molecular weight is 468 g/mol.